The van der Waals surface area contributed by atoms with E-state index < -0.39 is 5.60 Å². The summed E-state index contributed by atoms with van der Waals surface area (Å²) in [6.07, 6.45) is 9.57. The van der Waals surface area contributed by atoms with Gasteiger partial charge in [-0.25, -0.2) is 4.98 Å². The molecule has 8 rings (SSSR count). The van der Waals surface area contributed by atoms with E-state index in [9.17, 15) is 24.3 Å². The van der Waals surface area contributed by atoms with E-state index in [0.29, 0.717) is 86.7 Å². The first kappa shape index (κ1) is 43.6. The van der Waals surface area contributed by atoms with Crippen molar-refractivity contribution in [2.24, 2.45) is 5.92 Å². The topological polar surface area (TPSA) is 141 Å². The Labute approximate surface area is 368 Å². The first-order valence-electron chi connectivity index (χ1n) is 22.4. The summed E-state index contributed by atoms with van der Waals surface area (Å²) in [6, 6.07) is 20.8. The number of halogens is 1. The average Bonchev–Trinajstić information content (AvgIpc) is 3.28. The van der Waals surface area contributed by atoms with Gasteiger partial charge in [0, 0.05) is 86.9 Å². The molecule has 4 heterocycles. The molecular weight excluding hydrogens is 802 g/mol. The second kappa shape index (κ2) is 19.6. The number of benzene rings is 3. The highest BCUT2D eigenvalue weighted by molar-refractivity contribution is 6.36. The number of aromatic nitrogens is 3. The highest BCUT2D eigenvalue weighted by Gasteiger charge is 2.36. The third kappa shape index (κ3) is 10.4. The number of hydrogen-bond acceptors (Lipinski definition) is 9. The number of anilines is 1. The normalized spacial score (nSPS) is 17.5. The van der Waals surface area contributed by atoms with E-state index in [1.165, 1.54) is 10.9 Å². The maximum Gasteiger partial charge on any atom is 0.261 e. The lowest BCUT2D eigenvalue weighted by Gasteiger charge is -2.39. The molecule has 3 aliphatic rings. The fourth-order valence-electron chi connectivity index (χ4n) is 9.35. The van der Waals surface area contributed by atoms with Gasteiger partial charge in [0.05, 0.1) is 39.9 Å². The fraction of sp³-hybridized carbons (Fsp3) is 0.469. The second-order valence-electron chi connectivity index (χ2n) is 17.7. The molecule has 2 N–H and O–H groups in total. The van der Waals surface area contributed by atoms with Gasteiger partial charge in [0.25, 0.3) is 5.56 Å². The minimum atomic E-state index is -1.19. The molecule has 2 aliphatic heterocycles. The highest BCUT2D eigenvalue weighted by Crippen LogP contribution is 2.34. The number of piperazine rings is 1. The number of likely N-dealkylation sites (N-methyl/N-ethyl adjacent to an activating group) is 1. The first-order chi connectivity index (χ1) is 30.0. The van der Waals surface area contributed by atoms with Gasteiger partial charge in [-0.05, 0) is 100 Å². The average molecular weight is 860 g/mol. The molecule has 0 radical (unpaired) electrons. The Hall–Kier alpha value is -5.01. The van der Waals surface area contributed by atoms with Crippen LogP contribution < -0.4 is 10.9 Å². The van der Waals surface area contributed by atoms with Crippen molar-refractivity contribution in [3.05, 3.63) is 111 Å². The molecule has 2 amide bonds. The van der Waals surface area contributed by atoms with E-state index in [1.54, 1.807) is 18.2 Å². The number of ketones is 1. The minimum Gasteiger partial charge on any atom is -0.388 e. The maximum atomic E-state index is 14.2. The summed E-state index contributed by atoms with van der Waals surface area (Å²) in [5, 5.41) is 16.7. The Morgan fingerprint density at radius 2 is 1.63 bits per heavy atom. The summed E-state index contributed by atoms with van der Waals surface area (Å²) >= 11 is 6.78. The zero-order valence-corrected chi connectivity index (χ0v) is 36.5. The van der Waals surface area contributed by atoms with Gasteiger partial charge in [0.1, 0.15) is 0 Å². The SMILES string of the molecule is CN1CCN(CCC(=O)Nc2ccc3c(=O)n(CC4(O)CCN(C(=O)[C@@H](CCCCC(=O)c5ccc6c(Cl)c7c(nc6c5)CCCC7)Cc5ccccc5)CC4)cnc3c2)CC1. The Bertz CT molecular complexity index is 2480. The molecule has 2 saturated heterocycles. The predicted octanol–water partition coefficient (Wildman–Crippen LogP) is 6.71. The standard InChI is InChI=1S/C49H58ClN7O5/c1-54-25-27-55(28-26-54)22-19-45(59)52-37-16-18-40-42(31-37)51-33-57(48(40)61)32-49(62)20-23-56(24-21-49)47(60)36(29-34-9-3-2-4-10-34)11-5-8-14-44(58)35-15-17-39-43(30-35)53-41-13-7-6-12-38(41)46(39)50/h2-4,9-10,15-18,30-31,33,36,62H,5-8,11-14,19-29,32H2,1H3,(H,52,59)/t36-/m0/s1. The number of unbranched alkanes of at least 4 members (excludes halogenated alkanes) is 1. The Morgan fingerprint density at radius 3 is 2.42 bits per heavy atom. The van der Waals surface area contributed by atoms with E-state index in [1.807, 2.05) is 53.4 Å². The molecule has 1 atom stereocenters. The van der Waals surface area contributed by atoms with Crippen molar-refractivity contribution >= 4 is 56.7 Å². The van der Waals surface area contributed by atoms with Crippen LogP contribution in [0.4, 0.5) is 5.69 Å². The number of rotatable bonds is 15. The number of pyridine rings is 1. The summed E-state index contributed by atoms with van der Waals surface area (Å²) < 4.78 is 1.45. The van der Waals surface area contributed by atoms with Gasteiger partial charge < -0.3 is 25.1 Å². The van der Waals surface area contributed by atoms with Crippen LogP contribution in [0.25, 0.3) is 21.8 Å². The molecule has 12 nitrogen and oxygen atoms in total. The maximum absolute atomic E-state index is 14.2. The molecule has 62 heavy (non-hydrogen) atoms. The molecular formula is C49H58ClN7O5. The van der Waals surface area contributed by atoms with Crippen LogP contribution in [-0.4, -0.2) is 110 Å². The molecule has 0 saturated carbocycles. The molecule has 3 aromatic carbocycles. The summed E-state index contributed by atoms with van der Waals surface area (Å²) in [5.41, 5.74) is 4.29. The van der Waals surface area contributed by atoms with Crippen molar-refractivity contribution < 1.29 is 19.5 Å². The zero-order chi connectivity index (χ0) is 43.2. The first-order valence-corrected chi connectivity index (χ1v) is 22.8. The van der Waals surface area contributed by atoms with Gasteiger partial charge in [-0.3, -0.25) is 28.7 Å². The fourth-order valence-corrected chi connectivity index (χ4v) is 9.72. The van der Waals surface area contributed by atoms with E-state index in [2.05, 4.69) is 27.1 Å². The number of nitrogens with one attached hydrogen (secondary N) is 1. The monoisotopic (exact) mass is 859 g/mol. The number of piperidine rings is 1. The van der Waals surface area contributed by atoms with Gasteiger partial charge in [0.2, 0.25) is 11.8 Å². The summed E-state index contributed by atoms with van der Waals surface area (Å²) in [5.74, 6) is -0.239. The van der Waals surface area contributed by atoms with Crippen LogP contribution in [0.15, 0.2) is 77.9 Å². The minimum absolute atomic E-state index is 0.0507. The third-order valence-corrected chi connectivity index (χ3v) is 13.7. The van der Waals surface area contributed by atoms with Crippen molar-refractivity contribution in [2.75, 3.05) is 58.2 Å². The van der Waals surface area contributed by atoms with Crippen LogP contribution in [0.1, 0.15) is 85.0 Å². The number of likely N-dealkylation sites (tertiary alicyclic amines) is 1. The molecule has 2 fully saturated rings. The van der Waals surface area contributed by atoms with Gasteiger partial charge in [0.15, 0.2) is 5.78 Å². The molecule has 0 unspecified atom stereocenters. The van der Waals surface area contributed by atoms with Crippen molar-refractivity contribution in [1.82, 2.24) is 29.2 Å². The number of carbonyl (C=O) groups is 3. The lowest BCUT2D eigenvalue weighted by molar-refractivity contribution is -0.140. The lowest BCUT2D eigenvalue weighted by atomic mass is 9.88. The van der Waals surface area contributed by atoms with Crippen molar-refractivity contribution in [3.8, 4) is 0 Å². The molecule has 326 valence electrons. The summed E-state index contributed by atoms with van der Waals surface area (Å²) in [6.45, 7) is 5.40. The van der Waals surface area contributed by atoms with Gasteiger partial charge >= 0.3 is 0 Å². The number of nitrogens with zero attached hydrogens (tertiary/aromatic N) is 6. The van der Waals surface area contributed by atoms with Gasteiger partial charge in [-0.1, -0.05) is 60.5 Å². The highest BCUT2D eigenvalue weighted by atomic mass is 35.5. The van der Waals surface area contributed by atoms with E-state index in [-0.39, 0.29) is 35.6 Å². The predicted molar refractivity (Wildman–Crippen MR) is 244 cm³/mol. The second-order valence-corrected chi connectivity index (χ2v) is 18.1. The molecule has 2 aromatic heterocycles. The number of aryl methyl sites for hydroxylation is 1. The number of carbonyl (C=O) groups excluding carboxylic acids is 3. The molecule has 1 aliphatic carbocycles. The summed E-state index contributed by atoms with van der Waals surface area (Å²) in [4.78, 5) is 69.7. The number of hydrogen-bond donors (Lipinski definition) is 2. The van der Waals surface area contributed by atoms with E-state index in [0.717, 1.165) is 91.0 Å². The van der Waals surface area contributed by atoms with Crippen LogP contribution in [0.5, 0.6) is 0 Å². The molecule has 5 aromatic rings. The van der Waals surface area contributed by atoms with Gasteiger partial charge in [-0.15, -0.1) is 0 Å². The van der Waals surface area contributed by atoms with Crippen molar-refractivity contribution in [3.63, 3.8) is 0 Å². The van der Waals surface area contributed by atoms with Crippen molar-refractivity contribution in [1.29, 1.82) is 0 Å². The largest absolute Gasteiger partial charge is 0.388 e. The number of amides is 2. The van der Waals surface area contributed by atoms with Crippen LogP contribution in [-0.2, 0) is 35.4 Å². The summed E-state index contributed by atoms with van der Waals surface area (Å²) in [7, 11) is 2.11. The van der Waals surface area contributed by atoms with Gasteiger partial charge in [-0.2, -0.15) is 0 Å². The zero-order valence-electron chi connectivity index (χ0n) is 35.8. The third-order valence-electron chi connectivity index (χ3n) is 13.2. The lowest BCUT2D eigenvalue weighted by Crippen LogP contribution is -2.51. The van der Waals surface area contributed by atoms with Crippen LogP contribution in [0.2, 0.25) is 5.02 Å². The Kier molecular flexibility index (Phi) is 13.8. The van der Waals surface area contributed by atoms with E-state index in [4.69, 9.17) is 16.6 Å². The number of fused-ring (bicyclic) bond motifs is 3. The Morgan fingerprint density at radius 1 is 0.871 bits per heavy atom. The smallest absolute Gasteiger partial charge is 0.261 e. The molecule has 0 bridgehead atoms. The molecule has 0 spiro atoms. The van der Waals surface area contributed by atoms with Crippen LogP contribution in [0.3, 0.4) is 0 Å². The number of aliphatic hydroxyl groups is 1. The Balaban J connectivity index is 0.845. The van der Waals surface area contributed by atoms with Crippen LogP contribution in [0, 0.1) is 5.92 Å². The van der Waals surface area contributed by atoms with Crippen molar-refractivity contribution in [2.45, 2.75) is 89.2 Å². The van der Waals surface area contributed by atoms with Crippen LogP contribution >= 0.6 is 11.6 Å². The quantitative estimate of drug-likeness (QED) is 0.0869. The number of Topliss-reactive ketones (excluding diaryl/α,β-unsaturated/α-hetero) is 1. The molecule has 13 heteroatoms. The van der Waals surface area contributed by atoms with E-state index >= 15 is 0 Å².